The van der Waals surface area contributed by atoms with Gasteiger partial charge in [0.15, 0.2) is 0 Å². The van der Waals surface area contributed by atoms with E-state index in [1.807, 2.05) is 0 Å². The summed E-state index contributed by atoms with van der Waals surface area (Å²) >= 11 is 5.60. The van der Waals surface area contributed by atoms with Crippen molar-refractivity contribution in [1.29, 1.82) is 0 Å². The van der Waals surface area contributed by atoms with Crippen LogP contribution in [0, 0.1) is 0 Å². The highest BCUT2D eigenvalue weighted by Gasteiger charge is 2.14. The summed E-state index contributed by atoms with van der Waals surface area (Å²) in [4.78, 5) is 27.8. The molecule has 0 radical (unpaired) electrons. The number of alkyl halides is 1. The molecule has 2 N–H and O–H groups in total. The number of aliphatic hydroxyl groups excluding tert-OH is 1. The molecule has 0 bridgehead atoms. The van der Waals surface area contributed by atoms with Gasteiger partial charge < -0.3 is 9.84 Å². The molecule has 1 heterocycles. The molecule has 9 nitrogen and oxygen atoms in total. The first-order valence-electron chi connectivity index (χ1n) is 5.26. The van der Waals surface area contributed by atoms with E-state index in [1.54, 1.807) is 0 Å². The molecule has 0 aliphatic heterocycles. The Morgan fingerprint density at radius 1 is 1.63 bits per heavy atom. The lowest BCUT2D eigenvalue weighted by molar-refractivity contribution is 0.0455. The predicted molar refractivity (Wildman–Crippen MR) is 67.0 cm³/mol. The quantitative estimate of drug-likeness (QED) is 0.242. The van der Waals surface area contributed by atoms with Crippen LogP contribution < -0.4 is 11.2 Å². The van der Waals surface area contributed by atoms with E-state index in [-0.39, 0.29) is 31.4 Å². The molecule has 0 fully saturated rings. The van der Waals surface area contributed by atoms with Gasteiger partial charge in [-0.2, -0.15) is 0 Å². The van der Waals surface area contributed by atoms with Crippen LogP contribution in [0.25, 0.3) is 10.4 Å². The third-order valence-corrected chi connectivity index (χ3v) is 2.49. The number of halogens is 1. The number of hydrogen-bond acceptors (Lipinski definition) is 5. The van der Waals surface area contributed by atoms with Crippen molar-refractivity contribution >= 4 is 11.6 Å². The Morgan fingerprint density at radius 2 is 2.37 bits per heavy atom. The van der Waals surface area contributed by atoms with Gasteiger partial charge in [0, 0.05) is 22.6 Å². The van der Waals surface area contributed by atoms with Crippen molar-refractivity contribution in [2.75, 3.05) is 19.1 Å². The standard InChI is InChI=1S/C9H12ClN5O4/c10-3-7(13-14-11)6-4-15(5-19-2-1-16)9(18)12-8(6)17/h4,7,16H,1-3,5H2,(H,12,17,18). The van der Waals surface area contributed by atoms with Gasteiger partial charge in [0.2, 0.25) is 0 Å². The van der Waals surface area contributed by atoms with Crippen molar-refractivity contribution < 1.29 is 9.84 Å². The number of H-pyrrole nitrogens is 1. The van der Waals surface area contributed by atoms with E-state index in [4.69, 9.17) is 27.0 Å². The zero-order valence-corrected chi connectivity index (χ0v) is 10.6. The van der Waals surface area contributed by atoms with Crippen molar-refractivity contribution in [3.63, 3.8) is 0 Å². The van der Waals surface area contributed by atoms with Gasteiger partial charge in [-0.05, 0) is 5.53 Å². The van der Waals surface area contributed by atoms with Gasteiger partial charge in [-0.25, -0.2) is 4.79 Å². The minimum absolute atomic E-state index is 0.0518. The molecule has 0 saturated carbocycles. The summed E-state index contributed by atoms with van der Waals surface area (Å²) < 4.78 is 6.05. The molecule has 0 aliphatic rings. The van der Waals surface area contributed by atoms with Crippen molar-refractivity contribution in [2.45, 2.75) is 12.8 Å². The fourth-order valence-electron chi connectivity index (χ4n) is 1.33. The van der Waals surface area contributed by atoms with Crippen LogP contribution in [0.15, 0.2) is 20.9 Å². The van der Waals surface area contributed by atoms with Crippen LogP contribution in [0.4, 0.5) is 0 Å². The first-order valence-corrected chi connectivity index (χ1v) is 5.80. The van der Waals surface area contributed by atoms with Crippen molar-refractivity contribution in [2.24, 2.45) is 5.11 Å². The molecule has 1 aromatic rings. The first kappa shape index (κ1) is 15.3. The second-order valence-corrected chi connectivity index (χ2v) is 3.76. The predicted octanol–water partition coefficient (Wildman–Crippen LogP) is 0.0932. The topological polar surface area (TPSA) is 133 Å². The molecule has 1 atom stereocenters. The number of rotatable bonds is 7. The summed E-state index contributed by atoms with van der Waals surface area (Å²) in [6.45, 7) is -0.279. The van der Waals surface area contributed by atoms with Crippen LogP contribution in [-0.4, -0.2) is 33.8 Å². The molecule has 0 aromatic carbocycles. The van der Waals surface area contributed by atoms with Crippen LogP contribution in [0.3, 0.4) is 0 Å². The lowest BCUT2D eigenvalue weighted by atomic mass is 10.2. The van der Waals surface area contributed by atoms with E-state index in [1.165, 1.54) is 6.20 Å². The molecule has 104 valence electrons. The minimum atomic E-state index is -0.875. The van der Waals surface area contributed by atoms with Crippen LogP contribution in [0.1, 0.15) is 11.6 Å². The van der Waals surface area contributed by atoms with Gasteiger partial charge >= 0.3 is 5.69 Å². The lowest BCUT2D eigenvalue weighted by Crippen LogP contribution is -2.33. The Kier molecular flexibility index (Phi) is 6.10. The largest absolute Gasteiger partial charge is 0.394 e. The van der Waals surface area contributed by atoms with Gasteiger partial charge in [-0.3, -0.25) is 14.3 Å². The molecule has 0 saturated heterocycles. The molecule has 19 heavy (non-hydrogen) atoms. The Morgan fingerprint density at radius 3 is 2.95 bits per heavy atom. The number of hydrogen-bond donors (Lipinski definition) is 2. The molecular weight excluding hydrogens is 278 g/mol. The Bertz CT molecular complexity index is 577. The van der Waals surface area contributed by atoms with E-state index < -0.39 is 17.3 Å². The van der Waals surface area contributed by atoms with Gasteiger partial charge in [-0.1, -0.05) is 5.11 Å². The Labute approximate surface area is 112 Å². The zero-order chi connectivity index (χ0) is 14.3. The molecule has 0 aliphatic carbocycles. The summed E-state index contributed by atoms with van der Waals surface area (Å²) in [5, 5.41) is 11.9. The van der Waals surface area contributed by atoms with E-state index in [0.717, 1.165) is 4.57 Å². The van der Waals surface area contributed by atoms with Crippen molar-refractivity contribution in [3.05, 3.63) is 43.0 Å². The maximum absolute atomic E-state index is 11.6. The molecule has 0 spiro atoms. The Hall–Kier alpha value is -1.80. The molecule has 10 heteroatoms. The lowest BCUT2D eigenvalue weighted by Gasteiger charge is -2.10. The highest BCUT2D eigenvalue weighted by atomic mass is 35.5. The maximum atomic E-state index is 11.6. The van der Waals surface area contributed by atoms with Gasteiger partial charge in [0.25, 0.3) is 5.56 Å². The average molecular weight is 290 g/mol. The number of azide groups is 1. The second kappa shape index (κ2) is 7.59. The van der Waals surface area contributed by atoms with Gasteiger partial charge in [0.05, 0.1) is 19.3 Å². The molecule has 0 amide bonds. The highest BCUT2D eigenvalue weighted by Crippen LogP contribution is 2.14. The third kappa shape index (κ3) is 4.11. The average Bonchev–Trinajstić information content (AvgIpc) is 2.39. The summed E-state index contributed by atoms with van der Waals surface area (Å²) in [5.41, 5.74) is 7.12. The van der Waals surface area contributed by atoms with Crippen LogP contribution in [0.5, 0.6) is 0 Å². The smallest absolute Gasteiger partial charge is 0.330 e. The normalized spacial score (nSPS) is 11.9. The molecular formula is C9H12ClN5O4. The zero-order valence-electron chi connectivity index (χ0n) is 9.82. The number of nitrogens with one attached hydrogen (secondary N) is 1. The second-order valence-electron chi connectivity index (χ2n) is 3.45. The van der Waals surface area contributed by atoms with E-state index in [0.29, 0.717) is 0 Å². The number of ether oxygens (including phenoxy) is 1. The van der Waals surface area contributed by atoms with Gasteiger partial charge in [0.1, 0.15) is 6.73 Å². The summed E-state index contributed by atoms with van der Waals surface area (Å²) in [6, 6.07) is -0.875. The van der Waals surface area contributed by atoms with Crippen molar-refractivity contribution in [1.82, 2.24) is 9.55 Å². The number of aliphatic hydroxyl groups is 1. The van der Waals surface area contributed by atoms with E-state index in [9.17, 15) is 9.59 Å². The first-order chi connectivity index (χ1) is 9.13. The van der Waals surface area contributed by atoms with Crippen LogP contribution in [-0.2, 0) is 11.5 Å². The molecule has 1 aromatic heterocycles. The summed E-state index contributed by atoms with van der Waals surface area (Å²) in [6.07, 6.45) is 1.22. The molecule has 1 rings (SSSR count). The Balaban J connectivity index is 3.11. The monoisotopic (exact) mass is 289 g/mol. The minimum Gasteiger partial charge on any atom is -0.394 e. The van der Waals surface area contributed by atoms with E-state index >= 15 is 0 Å². The fraction of sp³-hybridized carbons (Fsp3) is 0.556. The van der Waals surface area contributed by atoms with Gasteiger partial charge in [-0.15, -0.1) is 11.6 Å². The summed E-state index contributed by atoms with van der Waals surface area (Å²) in [7, 11) is 0. The summed E-state index contributed by atoms with van der Waals surface area (Å²) in [5.74, 6) is -0.0944. The van der Waals surface area contributed by atoms with E-state index in [2.05, 4.69) is 15.0 Å². The van der Waals surface area contributed by atoms with Crippen LogP contribution >= 0.6 is 11.6 Å². The van der Waals surface area contributed by atoms with Crippen LogP contribution in [0.2, 0.25) is 0 Å². The maximum Gasteiger partial charge on any atom is 0.330 e. The number of nitrogens with zero attached hydrogens (tertiary/aromatic N) is 4. The number of aromatic nitrogens is 2. The molecule has 1 unspecified atom stereocenters. The third-order valence-electron chi connectivity index (χ3n) is 2.20. The SMILES string of the molecule is [N-]=[N+]=NC(CCl)c1cn(COCCO)c(=O)[nH]c1=O. The fourth-order valence-corrected chi connectivity index (χ4v) is 1.55. The highest BCUT2D eigenvalue weighted by molar-refractivity contribution is 6.18. The van der Waals surface area contributed by atoms with Crippen molar-refractivity contribution in [3.8, 4) is 0 Å². The number of aromatic amines is 1.